The quantitative estimate of drug-likeness (QED) is 0.795. The van der Waals surface area contributed by atoms with Crippen molar-refractivity contribution >= 4 is 23.1 Å². The van der Waals surface area contributed by atoms with Gasteiger partial charge in [0.05, 0.1) is 18.3 Å². The van der Waals surface area contributed by atoms with E-state index in [1.54, 1.807) is 11.7 Å². The highest BCUT2D eigenvalue weighted by Gasteiger charge is 2.21. The summed E-state index contributed by atoms with van der Waals surface area (Å²) >= 11 is 0. The van der Waals surface area contributed by atoms with E-state index in [4.69, 9.17) is 9.47 Å². The SMILES string of the molecule is COc1ccc2c(c1)cc(C=C(C)C)n2C(=O)OC(C)(C)C. The molecule has 1 heterocycles. The Bertz CT molecular complexity index is 729. The number of hydrogen-bond donors (Lipinski definition) is 0. The van der Waals surface area contributed by atoms with Gasteiger partial charge in [0.25, 0.3) is 0 Å². The average molecular weight is 301 g/mol. The first-order chi connectivity index (χ1) is 10.2. The lowest BCUT2D eigenvalue weighted by Crippen LogP contribution is -2.27. The summed E-state index contributed by atoms with van der Waals surface area (Å²) in [5.41, 5.74) is 2.18. The molecule has 0 aliphatic rings. The van der Waals surface area contributed by atoms with Crippen molar-refractivity contribution < 1.29 is 14.3 Å². The van der Waals surface area contributed by atoms with Gasteiger partial charge < -0.3 is 9.47 Å². The van der Waals surface area contributed by atoms with Gasteiger partial charge in [0, 0.05) is 5.39 Å². The minimum atomic E-state index is -0.539. The molecule has 4 nitrogen and oxygen atoms in total. The summed E-state index contributed by atoms with van der Waals surface area (Å²) in [5, 5.41) is 0.942. The summed E-state index contributed by atoms with van der Waals surface area (Å²) in [4.78, 5) is 12.6. The van der Waals surface area contributed by atoms with E-state index in [2.05, 4.69) is 0 Å². The fraction of sp³-hybridized carbons (Fsp3) is 0.389. The predicted molar refractivity (Wildman–Crippen MR) is 89.4 cm³/mol. The second-order valence-electron chi connectivity index (χ2n) is 6.53. The molecular weight excluding hydrogens is 278 g/mol. The van der Waals surface area contributed by atoms with Crippen LogP contribution >= 0.6 is 0 Å². The van der Waals surface area contributed by atoms with Crippen LogP contribution in [0.4, 0.5) is 4.79 Å². The molecule has 0 amide bonds. The lowest BCUT2D eigenvalue weighted by Gasteiger charge is -2.20. The summed E-state index contributed by atoms with van der Waals surface area (Å²) in [5.74, 6) is 0.762. The number of allylic oxidation sites excluding steroid dienone is 1. The normalized spacial score (nSPS) is 11.4. The molecule has 0 saturated carbocycles. The fourth-order valence-electron chi connectivity index (χ4n) is 2.26. The number of benzene rings is 1. The lowest BCUT2D eigenvalue weighted by atomic mass is 10.2. The smallest absolute Gasteiger partial charge is 0.419 e. The van der Waals surface area contributed by atoms with Crippen molar-refractivity contribution in [3.8, 4) is 5.75 Å². The van der Waals surface area contributed by atoms with Crippen LogP contribution in [0.5, 0.6) is 5.75 Å². The van der Waals surface area contributed by atoms with Crippen molar-refractivity contribution in [2.45, 2.75) is 40.2 Å². The molecular formula is C18H23NO3. The van der Waals surface area contributed by atoms with Gasteiger partial charge in [-0.3, -0.25) is 0 Å². The van der Waals surface area contributed by atoms with E-state index in [0.29, 0.717) is 0 Å². The average Bonchev–Trinajstić information content (AvgIpc) is 2.72. The maximum absolute atomic E-state index is 12.6. The Hall–Kier alpha value is -2.23. The molecule has 0 aliphatic carbocycles. The zero-order valence-corrected chi connectivity index (χ0v) is 14.1. The minimum absolute atomic E-state index is 0.375. The highest BCUT2D eigenvalue weighted by molar-refractivity contribution is 5.94. The molecule has 118 valence electrons. The number of methoxy groups -OCH3 is 1. The zero-order valence-electron chi connectivity index (χ0n) is 14.1. The van der Waals surface area contributed by atoms with Gasteiger partial charge in [-0.15, -0.1) is 0 Å². The van der Waals surface area contributed by atoms with Crippen molar-refractivity contribution in [2.75, 3.05) is 7.11 Å². The number of carbonyl (C=O) groups excluding carboxylic acids is 1. The van der Waals surface area contributed by atoms with Crippen molar-refractivity contribution in [3.63, 3.8) is 0 Å². The van der Waals surface area contributed by atoms with Gasteiger partial charge in [-0.2, -0.15) is 0 Å². The van der Waals surface area contributed by atoms with Crippen LogP contribution in [0.2, 0.25) is 0 Å². The molecule has 22 heavy (non-hydrogen) atoms. The van der Waals surface area contributed by atoms with Crippen LogP contribution < -0.4 is 4.74 Å². The number of fused-ring (bicyclic) bond motifs is 1. The topological polar surface area (TPSA) is 40.5 Å². The van der Waals surface area contributed by atoms with Crippen LogP contribution in [-0.2, 0) is 4.74 Å². The second-order valence-corrected chi connectivity index (χ2v) is 6.53. The van der Waals surface area contributed by atoms with Gasteiger partial charge in [0.15, 0.2) is 0 Å². The number of ether oxygens (including phenoxy) is 2. The van der Waals surface area contributed by atoms with E-state index >= 15 is 0 Å². The van der Waals surface area contributed by atoms with E-state index in [1.807, 2.05) is 65.0 Å². The number of carbonyl (C=O) groups is 1. The lowest BCUT2D eigenvalue weighted by molar-refractivity contribution is 0.0543. The van der Waals surface area contributed by atoms with Gasteiger partial charge in [0.2, 0.25) is 0 Å². The monoisotopic (exact) mass is 301 g/mol. The standard InChI is InChI=1S/C18H23NO3/c1-12(2)9-14-10-13-11-15(21-6)7-8-16(13)19(14)17(20)22-18(3,4)5/h7-11H,1-6H3. The molecule has 4 heteroatoms. The van der Waals surface area contributed by atoms with Crippen molar-refractivity contribution in [2.24, 2.45) is 0 Å². The van der Waals surface area contributed by atoms with Gasteiger partial charge in [0.1, 0.15) is 11.4 Å². The Morgan fingerprint density at radius 1 is 1.18 bits per heavy atom. The first kappa shape index (κ1) is 16.1. The molecule has 0 bridgehead atoms. The molecule has 0 saturated heterocycles. The maximum atomic E-state index is 12.6. The Kier molecular flexibility index (Phi) is 4.31. The van der Waals surface area contributed by atoms with Gasteiger partial charge in [-0.25, -0.2) is 9.36 Å². The maximum Gasteiger partial charge on any atom is 0.419 e. The number of rotatable bonds is 2. The van der Waals surface area contributed by atoms with Crippen LogP contribution in [0.25, 0.3) is 17.0 Å². The Labute approximate surface area is 131 Å². The van der Waals surface area contributed by atoms with Crippen LogP contribution in [0, 0.1) is 0 Å². The van der Waals surface area contributed by atoms with Gasteiger partial charge in [-0.1, -0.05) is 5.57 Å². The second kappa shape index (κ2) is 5.87. The first-order valence-electron chi connectivity index (χ1n) is 7.29. The summed E-state index contributed by atoms with van der Waals surface area (Å²) in [6.07, 6.45) is 1.59. The van der Waals surface area contributed by atoms with E-state index < -0.39 is 5.60 Å². The molecule has 0 spiro atoms. The first-order valence-corrected chi connectivity index (χ1v) is 7.29. The van der Waals surface area contributed by atoms with Crippen molar-refractivity contribution in [1.82, 2.24) is 4.57 Å². The third-order valence-corrected chi connectivity index (χ3v) is 3.05. The number of hydrogen-bond acceptors (Lipinski definition) is 3. The third kappa shape index (κ3) is 3.50. The molecule has 2 rings (SSSR count). The molecule has 0 atom stereocenters. The summed E-state index contributed by atoms with van der Waals surface area (Å²) in [7, 11) is 1.63. The van der Waals surface area contributed by atoms with E-state index in [0.717, 1.165) is 27.9 Å². The largest absolute Gasteiger partial charge is 0.497 e. The third-order valence-electron chi connectivity index (χ3n) is 3.05. The molecule has 0 radical (unpaired) electrons. The van der Waals surface area contributed by atoms with Gasteiger partial charge >= 0.3 is 6.09 Å². The molecule has 2 aromatic rings. The molecule has 1 aromatic heterocycles. The Morgan fingerprint density at radius 3 is 2.41 bits per heavy atom. The molecule has 0 unspecified atom stereocenters. The summed E-state index contributed by atoms with van der Waals surface area (Å²) < 4.78 is 12.4. The number of nitrogens with zero attached hydrogens (tertiary/aromatic N) is 1. The van der Waals surface area contributed by atoms with E-state index in [9.17, 15) is 4.79 Å². The van der Waals surface area contributed by atoms with Crippen LogP contribution in [0.3, 0.4) is 0 Å². The van der Waals surface area contributed by atoms with Crippen molar-refractivity contribution in [1.29, 1.82) is 0 Å². The molecule has 0 N–H and O–H groups in total. The highest BCUT2D eigenvalue weighted by atomic mass is 16.6. The van der Waals surface area contributed by atoms with Gasteiger partial charge in [-0.05, 0) is 65.0 Å². The fourth-order valence-corrected chi connectivity index (χ4v) is 2.26. The predicted octanol–water partition coefficient (Wildman–Crippen LogP) is 4.86. The molecule has 0 fully saturated rings. The van der Waals surface area contributed by atoms with Crippen molar-refractivity contribution in [3.05, 3.63) is 35.5 Å². The number of aromatic nitrogens is 1. The minimum Gasteiger partial charge on any atom is -0.497 e. The van der Waals surface area contributed by atoms with Crippen LogP contribution in [-0.4, -0.2) is 23.4 Å². The van der Waals surface area contributed by atoms with E-state index in [1.165, 1.54) is 0 Å². The Morgan fingerprint density at radius 2 is 1.86 bits per heavy atom. The Balaban J connectivity index is 2.62. The van der Waals surface area contributed by atoms with E-state index in [-0.39, 0.29) is 6.09 Å². The summed E-state index contributed by atoms with van der Waals surface area (Å²) in [6, 6.07) is 7.60. The molecule has 0 aliphatic heterocycles. The van der Waals surface area contributed by atoms with Crippen LogP contribution in [0.15, 0.2) is 29.8 Å². The highest BCUT2D eigenvalue weighted by Crippen LogP contribution is 2.27. The van der Waals surface area contributed by atoms with Crippen LogP contribution in [0.1, 0.15) is 40.3 Å². The zero-order chi connectivity index (χ0) is 16.5. The summed E-state index contributed by atoms with van der Waals surface area (Å²) in [6.45, 7) is 9.58. The molecule has 1 aromatic carbocycles.